The van der Waals surface area contributed by atoms with Crippen LogP contribution in [0.5, 0.6) is 5.75 Å². The number of hydrogen-bond donors (Lipinski definition) is 1. The number of benzene rings is 2. The SMILES string of the molecule is Cc1cc(NC(=O)C(C)Oc2ccc(Cl)cc2)n(-c2cc(C)c3cccc(C)c3n2)n1. The number of para-hydroxylation sites is 1. The van der Waals surface area contributed by atoms with Crippen molar-refractivity contribution in [3.8, 4) is 11.6 Å². The third-order valence-electron chi connectivity index (χ3n) is 5.03. The van der Waals surface area contributed by atoms with E-state index in [1.165, 1.54) is 0 Å². The first kappa shape index (κ1) is 20.9. The Morgan fingerprint density at radius 2 is 1.81 bits per heavy atom. The molecule has 1 N–H and O–H groups in total. The lowest BCUT2D eigenvalue weighted by Gasteiger charge is -2.16. The summed E-state index contributed by atoms with van der Waals surface area (Å²) in [5, 5.41) is 9.17. The zero-order valence-electron chi connectivity index (χ0n) is 17.8. The van der Waals surface area contributed by atoms with Crippen molar-refractivity contribution in [1.29, 1.82) is 0 Å². The Morgan fingerprint density at radius 1 is 1.06 bits per heavy atom. The molecule has 1 unspecified atom stereocenters. The summed E-state index contributed by atoms with van der Waals surface area (Å²) < 4.78 is 7.39. The fourth-order valence-corrected chi connectivity index (χ4v) is 3.54. The molecule has 1 amide bonds. The monoisotopic (exact) mass is 434 g/mol. The minimum absolute atomic E-state index is 0.287. The van der Waals surface area contributed by atoms with Crippen LogP contribution in [0.3, 0.4) is 0 Å². The molecular weight excluding hydrogens is 412 g/mol. The van der Waals surface area contributed by atoms with Crippen LogP contribution in [0.2, 0.25) is 5.02 Å². The Hall–Kier alpha value is -3.38. The molecule has 31 heavy (non-hydrogen) atoms. The summed E-state index contributed by atoms with van der Waals surface area (Å²) in [6.07, 6.45) is -0.710. The third-order valence-corrected chi connectivity index (χ3v) is 5.28. The number of carbonyl (C=O) groups excluding carboxylic acids is 1. The van der Waals surface area contributed by atoms with Gasteiger partial charge in [0.25, 0.3) is 5.91 Å². The predicted octanol–water partition coefficient (Wildman–Crippen LogP) is 5.41. The van der Waals surface area contributed by atoms with E-state index in [2.05, 4.69) is 16.5 Å². The Balaban J connectivity index is 1.62. The molecule has 6 nitrogen and oxygen atoms in total. The average Bonchev–Trinajstić information content (AvgIpc) is 3.10. The van der Waals surface area contributed by atoms with Crippen molar-refractivity contribution >= 4 is 34.2 Å². The molecule has 0 fully saturated rings. The molecule has 0 saturated heterocycles. The number of halogens is 1. The summed E-state index contributed by atoms with van der Waals surface area (Å²) in [4.78, 5) is 17.6. The van der Waals surface area contributed by atoms with E-state index < -0.39 is 6.10 Å². The van der Waals surface area contributed by atoms with Crippen LogP contribution in [-0.4, -0.2) is 26.8 Å². The van der Waals surface area contributed by atoms with Gasteiger partial charge in [-0.1, -0.05) is 29.8 Å². The summed E-state index contributed by atoms with van der Waals surface area (Å²) in [7, 11) is 0. The second kappa shape index (κ2) is 8.40. The quantitative estimate of drug-likeness (QED) is 0.456. The second-order valence-electron chi connectivity index (χ2n) is 7.55. The number of rotatable bonds is 5. The third kappa shape index (κ3) is 4.39. The molecule has 0 saturated carbocycles. The summed E-state index contributed by atoms with van der Waals surface area (Å²) >= 11 is 5.90. The first-order chi connectivity index (χ1) is 14.8. The van der Waals surface area contributed by atoms with Crippen LogP contribution in [0.25, 0.3) is 16.7 Å². The Kier molecular flexibility index (Phi) is 5.65. The molecule has 7 heteroatoms. The van der Waals surface area contributed by atoms with E-state index in [-0.39, 0.29) is 5.91 Å². The predicted molar refractivity (Wildman–Crippen MR) is 123 cm³/mol. The van der Waals surface area contributed by atoms with E-state index in [0.29, 0.717) is 22.4 Å². The van der Waals surface area contributed by atoms with Gasteiger partial charge in [-0.15, -0.1) is 0 Å². The molecular formula is C24H23ClN4O2. The van der Waals surface area contributed by atoms with Crippen LogP contribution < -0.4 is 10.1 Å². The fourth-order valence-electron chi connectivity index (χ4n) is 3.41. The first-order valence-electron chi connectivity index (χ1n) is 9.99. The molecule has 1 atom stereocenters. The van der Waals surface area contributed by atoms with Crippen molar-refractivity contribution in [2.75, 3.05) is 5.32 Å². The van der Waals surface area contributed by atoms with Crippen molar-refractivity contribution in [3.05, 3.63) is 76.4 Å². The van der Waals surface area contributed by atoms with Crippen molar-refractivity contribution in [1.82, 2.24) is 14.8 Å². The van der Waals surface area contributed by atoms with E-state index in [1.54, 1.807) is 35.9 Å². The fraction of sp³-hybridized carbons (Fsp3) is 0.208. The van der Waals surface area contributed by atoms with Crippen LogP contribution in [0.4, 0.5) is 5.82 Å². The number of amides is 1. The number of carbonyl (C=O) groups is 1. The van der Waals surface area contributed by atoms with Crippen molar-refractivity contribution in [2.24, 2.45) is 0 Å². The maximum absolute atomic E-state index is 12.8. The Labute approximate surface area is 185 Å². The summed E-state index contributed by atoms with van der Waals surface area (Å²) in [5.74, 6) is 1.46. The van der Waals surface area contributed by atoms with Crippen LogP contribution >= 0.6 is 11.6 Å². The van der Waals surface area contributed by atoms with Gasteiger partial charge in [-0.05, 0) is 69.2 Å². The molecule has 0 spiro atoms. The molecule has 158 valence electrons. The number of pyridine rings is 1. The van der Waals surface area contributed by atoms with E-state index in [9.17, 15) is 4.79 Å². The van der Waals surface area contributed by atoms with Gasteiger partial charge in [0.2, 0.25) is 0 Å². The van der Waals surface area contributed by atoms with Gasteiger partial charge in [-0.3, -0.25) is 4.79 Å². The molecule has 2 aromatic heterocycles. The molecule has 0 bridgehead atoms. The highest BCUT2D eigenvalue weighted by molar-refractivity contribution is 6.30. The van der Waals surface area contributed by atoms with E-state index in [0.717, 1.165) is 27.7 Å². The van der Waals surface area contributed by atoms with Gasteiger partial charge >= 0.3 is 0 Å². The minimum atomic E-state index is -0.710. The first-order valence-corrected chi connectivity index (χ1v) is 10.4. The van der Waals surface area contributed by atoms with Gasteiger partial charge in [-0.2, -0.15) is 9.78 Å². The maximum atomic E-state index is 12.8. The van der Waals surface area contributed by atoms with Gasteiger partial charge in [0.05, 0.1) is 11.2 Å². The lowest BCUT2D eigenvalue weighted by Crippen LogP contribution is -2.31. The molecule has 0 aliphatic heterocycles. The number of aryl methyl sites for hydroxylation is 3. The molecule has 4 aromatic rings. The summed E-state index contributed by atoms with van der Waals surface area (Å²) in [5.41, 5.74) is 3.86. The van der Waals surface area contributed by atoms with Crippen molar-refractivity contribution in [3.63, 3.8) is 0 Å². The number of nitrogens with one attached hydrogen (secondary N) is 1. The highest BCUT2D eigenvalue weighted by Gasteiger charge is 2.19. The van der Waals surface area contributed by atoms with Gasteiger partial charge in [0.1, 0.15) is 11.6 Å². The molecule has 0 radical (unpaired) electrons. The topological polar surface area (TPSA) is 69.0 Å². The number of ether oxygens (including phenoxy) is 1. The zero-order valence-corrected chi connectivity index (χ0v) is 18.6. The molecule has 4 rings (SSSR count). The van der Waals surface area contributed by atoms with Gasteiger partial charge in [0, 0.05) is 16.5 Å². The molecule has 2 heterocycles. The number of anilines is 1. The van der Waals surface area contributed by atoms with Gasteiger partial charge in [0.15, 0.2) is 11.9 Å². The minimum Gasteiger partial charge on any atom is -0.481 e. The largest absolute Gasteiger partial charge is 0.481 e. The summed E-state index contributed by atoms with van der Waals surface area (Å²) in [6, 6.07) is 16.8. The van der Waals surface area contributed by atoms with Crippen molar-refractivity contribution in [2.45, 2.75) is 33.8 Å². The smallest absolute Gasteiger partial charge is 0.266 e. The average molecular weight is 435 g/mol. The normalized spacial score (nSPS) is 12.0. The number of aromatic nitrogens is 3. The number of fused-ring (bicyclic) bond motifs is 1. The lowest BCUT2D eigenvalue weighted by molar-refractivity contribution is -0.122. The van der Waals surface area contributed by atoms with E-state index in [4.69, 9.17) is 21.3 Å². The van der Waals surface area contributed by atoms with Gasteiger partial charge in [-0.25, -0.2) is 4.98 Å². The van der Waals surface area contributed by atoms with E-state index >= 15 is 0 Å². The van der Waals surface area contributed by atoms with Gasteiger partial charge < -0.3 is 10.1 Å². The number of hydrogen-bond acceptors (Lipinski definition) is 4. The molecule has 0 aliphatic carbocycles. The highest BCUT2D eigenvalue weighted by Crippen LogP contribution is 2.25. The van der Waals surface area contributed by atoms with Crippen LogP contribution in [0, 0.1) is 20.8 Å². The lowest BCUT2D eigenvalue weighted by atomic mass is 10.1. The maximum Gasteiger partial charge on any atom is 0.266 e. The summed E-state index contributed by atoms with van der Waals surface area (Å²) in [6.45, 7) is 7.65. The zero-order chi connectivity index (χ0) is 22.1. The standard InChI is InChI=1S/C24H23ClN4O2/c1-14-6-5-7-20-15(2)12-21(26-23(14)20)29-22(13-16(3)28-29)27-24(30)17(4)31-19-10-8-18(25)9-11-19/h5-13,17H,1-4H3,(H,27,30). The Morgan fingerprint density at radius 3 is 2.55 bits per heavy atom. The van der Waals surface area contributed by atoms with Crippen LogP contribution in [0.1, 0.15) is 23.7 Å². The van der Waals surface area contributed by atoms with Crippen LogP contribution in [-0.2, 0) is 4.79 Å². The second-order valence-corrected chi connectivity index (χ2v) is 7.99. The number of nitrogens with zero attached hydrogens (tertiary/aromatic N) is 3. The molecule has 0 aliphatic rings. The van der Waals surface area contributed by atoms with E-state index in [1.807, 2.05) is 45.0 Å². The van der Waals surface area contributed by atoms with Crippen molar-refractivity contribution < 1.29 is 9.53 Å². The highest BCUT2D eigenvalue weighted by atomic mass is 35.5. The Bertz CT molecular complexity index is 1260. The van der Waals surface area contributed by atoms with Crippen LogP contribution in [0.15, 0.2) is 54.6 Å². The molecule has 2 aromatic carbocycles.